The first-order valence-corrected chi connectivity index (χ1v) is 11.1. The van der Waals surface area contributed by atoms with E-state index >= 15 is 0 Å². The molecule has 1 aliphatic carbocycles. The van der Waals surface area contributed by atoms with Gasteiger partial charge in [-0.05, 0) is 61.3 Å². The maximum atomic E-state index is 13.2. The van der Waals surface area contributed by atoms with E-state index in [2.05, 4.69) is 35.4 Å². The SMILES string of the molecule is CCNC(=O)C1(Cc2cccc(-c3cccnc3)c2)CCCN(C(=O)C2CC2C)C1. The lowest BCUT2D eigenvalue weighted by Crippen LogP contribution is -2.54. The van der Waals surface area contributed by atoms with E-state index in [1.165, 1.54) is 0 Å². The highest BCUT2D eigenvalue weighted by molar-refractivity contribution is 5.86. The summed E-state index contributed by atoms with van der Waals surface area (Å²) in [5.41, 5.74) is 2.71. The average Bonchev–Trinajstić information content (AvgIpc) is 3.51. The Hall–Kier alpha value is -2.69. The second kappa shape index (κ2) is 8.58. The molecule has 1 aromatic heterocycles. The van der Waals surface area contributed by atoms with Crippen LogP contribution in [0.1, 0.15) is 38.7 Å². The lowest BCUT2D eigenvalue weighted by molar-refractivity contribution is -0.142. The highest BCUT2D eigenvalue weighted by Gasteiger charge is 2.47. The molecule has 30 heavy (non-hydrogen) atoms. The van der Waals surface area contributed by atoms with Crippen LogP contribution >= 0.6 is 0 Å². The van der Waals surface area contributed by atoms with E-state index in [4.69, 9.17) is 0 Å². The molecule has 158 valence electrons. The third kappa shape index (κ3) is 4.25. The van der Waals surface area contributed by atoms with Crippen molar-refractivity contribution >= 4 is 11.8 Å². The summed E-state index contributed by atoms with van der Waals surface area (Å²) in [6, 6.07) is 12.3. The maximum absolute atomic E-state index is 13.2. The standard InChI is InChI=1S/C25H31N3O2/c1-3-27-24(30)25(10-6-12-28(17-25)23(29)22-13-18(22)2)15-19-7-4-8-20(14-19)21-9-5-11-26-16-21/h4-5,7-9,11,14,16,18,22H,3,6,10,12-13,15,17H2,1-2H3,(H,27,30). The van der Waals surface area contributed by atoms with E-state index in [0.717, 1.165) is 42.5 Å². The summed E-state index contributed by atoms with van der Waals surface area (Å²) in [6.07, 6.45) is 6.92. The number of pyridine rings is 1. The first-order chi connectivity index (χ1) is 14.5. The maximum Gasteiger partial charge on any atom is 0.228 e. The van der Waals surface area contributed by atoms with E-state index in [1.807, 2.05) is 36.2 Å². The summed E-state index contributed by atoms with van der Waals surface area (Å²) in [6.45, 7) is 5.96. The van der Waals surface area contributed by atoms with Crippen LogP contribution in [0.2, 0.25) is 0 Å². The van der Waals surface area contributed by atoms with Gasteiger partial charge in [0.15, 0.2) is 0 Å². The number of nitrogens with one attached hydrogen (secondary N) is 1. The Kier molecular flexibility index (Phi) is 5.89. The van der Waals surface area contributed by atoms with Gasteiger partial charge in [-0.3, -0.25) is 14.6 Å². The smallest absolute Gasteiger partial charge is 0.228 e. The molecule has 2 fully saturated rings. The second-order valence-corrected chi connectivity index (χ2v) is 8.94. The molecule has 2 heterocycles. The van der Waals surface area contributed by atoms with Crippen molar-refractivity contribution in [2.45, 2.75) is 39.5 Å². The van der Waals surface area contributed by atoms with Crippen LogP contribution in [0.15, 0.2) is 48.8 Å². The van der Waals surface area contributed by atoms with Crippen molar-refractivity contribution in [2.75, 3.05) is 19.6 Å². The number of aromatic nitrogens is 1. The largest absolute Gasteiger partial charge is 0.356 e. The van der Waals surface area contributed by atoms with Crippen LogP contribution < -0.4 is 5.32 Å². The molecule has 1 N–H and O–H groups in total. The van der Waals surface area contributed by atoms with Crippen LogP contribution in [0.4, 0.5) is 0 Å². The molecule has 2 aromatic rings. The summed E-state index contributed by atoms with van der Waals surface area (Å²) in [7, 11) is 0. The highest BCUT2D eigenvalue weighted by atomic mass is 16.2. The van der Waals surface area contributed by atoms with Gasteiger partial charge in [-0.15, -0.1) is 0 Å². The highest BCUT2D eigenvalue weighted by Crippen LogP contribution is 2.42. The van der Waals surface area contributed by atoms with Crippen LogP contribution in [-0.2, 0) is 16.0 Å². The molecule has 0 radical (unpaired) electrons. The predicted octanol–water partition coefficient (Wildman–Crippen LogP) is 3.69. The molecule has 0 bridgehead atoms. The molecule has 3 atom stereocenters. The molecule has 5 nitrogen and oxygen atoms in total. The second-order valence-electron chi connectivity index (χ2n) is 8.94. The Bertz CT molecular complexity index is 914. The third-order valence-corrected chi connectivity index (χ3v) is 6.60. The molecule has 1 aromatic carbocycles. The van der Waals surface area contributed by atoms with Crippen LogP contribution in [0.3, 0.4) is 0 Å². The topological polar surface area (TPSA) is 62.3 Å². The van der Waals surface area contributed by atoms with Crippen LogP contribution in [0, 0.1) is 17.3 Å². The zero-order valence-electron chi connectivity index (χ0n) is 17.9. The number of likely N-dealkylation sites (tertiary alicyclic amines) is 1. The lowest BCUT2D eigenvalue weighted by atomic mass is 9.74. The zero-order chi connectivity index (χ0) is 21.1. The van der Waals surface area contributed by atoms with Crippen molar-refractivity contribution in [3.05, 3.63) is 54.4 Å². The number of benzene rings is 1. The zero-order valence-corrected chi connectivity index (χ0v) is 17.9. The Morgan fingerprint density at radius 1 is 1.23 bits per heavy atom. The number of nitrogens with zero attached hydrogens (tertiary/aromatic N) is 2. The predicted molar refractivity (Wildman–Crippen MR) is 118 cm³/mol. The van der Waals surface area contributed by atoms with Crippen molar-refractivity contribution in [3.8, 4) is 11.1 Å². The molecule has 1 aliphatic heterocycles. The fourth-order valence-electron chi connectivity index (χ4n) is 4.76. The monoisotopic (exact) mass is 405 g/mol. The number of carbonyl (C=O) groups is 2. The average molecular weight is 406 g/mol. The quantitative estimate of drug-likeness (QED) is 0.797. The van der Waals surface area contributed by atoms with E-state index in [0.29, 0.717) is 25.4 Å². The third-order valence-electron chi connectivity index (χ3n) is 6.60. The van der Waals surface area contributed by atoms with Gasteiger partial charge in [0, 0.05) is 37.9 Å². The van der Waals surface area contributed by atoms with Gasteiger partial charge < -0.3 is 10.2 Å². The fourth-order valence-corrected chi connectivity index (χ4v) is 4.76. The van der Waals surface area contributed by atoms with Crippen LogP contribution in [0.5, 0.6) is 0 Å². The minimum atomic E-state index is -0.574. The number of rotatable bonds is 6. The first kappa shape index (κ1) is 20.6. The van der Waals surface area contributed by atoms with E-state index < -0.39 is 5.41 Å². The fraction of sp³-hybridized carbons (Fsp3) is 0.480. The summed E-state index contributed by atoms with van der Waals surface area (Å²) in [5.74, 6) is 0.941. The van der Waals surface area contributed by atoms with Gasteiger partial charge in [-0.1, -0.05) is 37.3 Å². The van der Waals surface area contributed by atoms with Gasteiger partial charge in [0.2, 0.25) is 11.8 Å². The molecule has 0 spiro atoms. The Balaban J connectivity index is 1.60. The number of carbonyl (C=O) groups excluding carboxylic acids is 2. The summed E-state index contributed by atoms with van der Waals surface area (Å²) in [4.78, 5) is 32.3. The van der Waals surface area contributed by atoms with Gasteiger partial charge in [-0.2, -0.15) is 0 Å². The number of hydrogen-bond donors (Lipinski definition) is 1. The van der Waals surface area contributed by atoms with Crippen molar-refractivity contribution < 1.29 is 9.59 Å². The molecular formula is C25H31N3O2. The summed E-state index contributed by atoms with van der Waals surface area (Å²) < 4.78 is 0. The normalized spacial score (nSPS) is 25.6. The van der Waals surface area contributed by atoms with Crippen LogP contribution in [-0.4, -0.2) is 41.3 Å². The lowest BCUT2D eigenvalue weighted by Gasteiger charge is -2.42. The van der Waals surface area contributed by atoms with Gasteiger partial charge >= 0.3 is 0 Å². The molecule has 3 unspecified atom stereocenters. The van der Waals surface area contributed by atoms with Crippen molar-refractivity contribution in [1.82, 2.24) is 15.2 Å². The number of amides is 2. The summed E-state index contributed by atoms with van der Waals surface area (Å²) in [5, 5.41) is 3.05. The molecule has 2 aliphatic rings. The van der Waals surface area contributed by atoms with Crippen LogP contribution in [0.25, 0.3) is 11.1 Å². The molecule has 1 saturated heterocycles. The van der Waals surface area contributed by atoms with Crippen molar-refractivity contribution in [1.29, 1.82) is 0 Å². The van der Waals surface area contributed by atoms with Crippen molar-refractivity contribution in [3.63, 3.8) is 0 Å². The first-order valence-electron chi connectivity index (χ1n) is 11.1. The minimum Gasteiger partial charge on any atom is -0.356 e. The summed E-state index contributed by atoms with van der Waals surface area (Å²) >= 11 is 0. The van der Waals surface area contributed by atoms with Crippen molar-refractivity contribution in [2.24, 2.45) is 17.3 Å². The van der Waals surface area contributed by atoms with Gasteiger partial charge in [0.25, 0.3) is 0 Å². The minimum absolute atomic E-state index is 0.0677. The molecule has 1 saturated carbocycles. The molecule has 2 amide bonds. The number of hydrogen-bond acceptors (Lipinski definition) is 3. The van der Waals surface area contributed by atoms with Gasteiger partial charge in [-0.25, -0.2) is 0 Å². The Labute approximate surface area is 178 Å². The van der Waals surface area contributed by atoms with Gasteiger partial charge in [0.05, 0.1) is 5.41 Å². The molecular weight excluding hydrogens is 374 g/mol. The molecule has 4 rings (SSSR count). The van der Waals surface area contributed by atoms with E-state index in [9.17, 15) is 9.59 Å². The Morgan fingerprint density at radius 3 is 2.73 bits per heavy atom. The molecule has 5 heteroatoms. The van der Waals surface area contributed by atoms with E-state index in [-0.39, 0.29) is 17.7 Å². The number of piperidine rings is 1. The van der Waals surface area contributed by atoms with Gasteiger partial charge in [0.1, 0.15) is 0 Å². The van der Waals surface area contributed by atoms with E-state index in [1.54, 1.807) is 6.20 Å². The Morgan fingerprint density at radius 2 is 2.03 bits per heavy atom.